The Kier molecular flexibility index (Phi) is 6.04. The molecule has 1 amide bonds. The van der Waals surface area contributed by atoms with Gasteiger partial charge in [0.05, 0.1) is 11.4 Å². The zero-order valence-electron chi connectivity index (χ0n) is 15.3. The summed E-state index contributed by atoms with van der Waals surface area (Å²) in [7, 11) is 0. The van der Waals surface area contributed by atoms with E-state index < -0.39 is 0 Å². The second-order valence-electron chi connectivity index (χ2n) is 6.55. The average Bonchev–Trinajstić information content (AvgIpc) is 2.92. The van der Waals surface area contributed by atoms with Crippen LogP contribution in [-0.2, 0) is 4.79 Å². The number of hydrogen-bond acceptors (Lipinski definition) is 4. The topological polar surface area (TPSA) is 51.0 Å². The van der Waals surface area contributed by atoms with Gasteiger partial charge in [-0.15, -0.1) is 10.2 Å². The molecule has 0 N–H and O–H groups in total. The first-order valence-electron chi connectivity index (χ1n) is 8.23. The molecular formula is C18H26N4OS. The lowest BCUT2D eigenvalue weighted by Gasteiger charge is -2.30. The van der Waals surface area contributed by atoms with Crippen LogP contribution in [0.25, 0.3) is 5.69 Å². The van der Waals surface area contributed by atoms with Crippen molar-refractivity contribution in [1.82, 2.24) is 19.7 Å². The minimum atomic E-state index is 0.125. The van der Waals surface area contributed by atoms with Gasteiger partial charge in [-0.3, -0.25) is 9.36 Å². The number of thioether (sulfide) groups is 1. The Bertz CT molecular complexity index is 701. The molecule has 1 aromatic carbocycles. The summed E-state index contributed by atoms with van der Waals surface area (Å²) in [5.41, 5.74) is 3.43. The lowest BCUT2D eigenvalue weighted by molar-refractivity contribution is -0.131. The van der Waals surface area contributed by atoms with E-state index in [0.717, 1.165) is 16.4 Å². The van der Waals surface area contributed by atoms with Crippen LogP contribution in [0.15, 0.2) is 29.7 Å². The molecule has 0 spiro atoms. The molecule has 0 fully saturated rings. The molecule has 0 saturated heterocycles. The van der Waals surface area contributed by atoms with Gasteiger partial charge in [0, 0.05) is 12.1 Å². The lowest BCUT2D eigenvalue weighted by Crippen LogP contribution is -2.43. The number of rotatable bonds is 6. The second kappa shape index (κ2) is 7.83. The summed E-state index contributed by atoms with van der Waals surface area (Å²) >= 11 is 1.43. The van der Waals surface area contributed by atoms with Crippen molar-refractivity contribution in [2.45, 2.75) is 58.8 Å². The molecule has 1 heterocycles. The number of nitrogens with zero attached hydrogens (tertiary/aromatic N) is 4. The van der Waals surface area contributed by atoms with Crippen LogP contribution in [0, 0.1) is 13.8 Å². The van der Waals surface area contributed by atoms with Crippen molar-refractivity contribution in [2.75, 3.05) is 5.75 Å². The van der Waals surface area contributed by atoms with Crippen molar-refractivity contribution in [3.05, 3.63) is 35.7 Å². The van der Waals surface area contributed by atoms with E-state index in [9.17, 15) is 4.79 Å². The zero-order chi connectivity index (χ0) is 17.9. The van der Waals surface area contributed by atoms with Crippen LogP contribution in [0.1, 0.15) is 38.8 Å². The van der Waals surface area contributed by atoms with Crippen molar-refractivity contribution >= 4 is 17.7 Å². The third-order valence-corrected chi connectivity index (χ3v) is 4.78. The summed E-state index contributed by atoms with van der Waals surface area (Å²) in [6.45, 7) is 12.3. The predicted molar refractivity (Wildman–Crippen MR) is 98.7 cm³/mol. The predicted octanol–water partition coefficient (Wildman–Crippen LogP) is 3.62. The van der Waals surface area contributed by atoms with Gasteiger partial charge < -0.3 is 4.90 Å². The molecule has 0 unspecified atom stereocenters. The maximum Gasteiger partial charge on any atom is 0.233 e. The molecule has 5 nitrogen and oxygen atoms in total. The van der Waals surface area contributed by atoms with Crippen molar-refractivity contribution < 1.29 is 4.79 Å². The minimum absolute atomic E-state index is 0.125. The minimum Gasteiger partial charge on any atom is -0.337 e. The lowest BCUT2D eigenvalue weighted by atomic mass is 10.1. The number of carbonyl (C=O) groups excluding carboxylic acids is 1. The number of aromatic nitrogens is 3. The third-order valence-electron chi connectivity index (χ3n) is 3.85. The van der Waals surface area contributed by atoms with Gasteiger partial charge in [-0.05, 0) is 53.2 Å². The van der Waals surface area contributed by atoms with E-state index in [0.29, 0.717) is 5.75 Å². The molecule has 2 aromatic rings. The number of benzene rings is 1. The van der Waals surface area contributed by atoms with Crippen LogP contribution in [0.4, 0.5) is 0 Å². The van der Waals surface area contributed by atoms with E-state index in [1.165, 1.54) is 17.3 Å². The first-order chi connectivity index (χ1) is 11.3. The Morgan fingerprint density at radius 3 is 2.46 bits per heavy atom. The van der Waals surface area contributed by atoms with Gasteiger partial charge in [-0.25, -0.2) is 0 Å². The number of amides is 1. The van der Waals surface area contributed by atoms with E-state index in [1.54, 1.807) is 6.33 Å². The Morgan fingerprint density at radius 2 is 1.88 bits per heavy atom. The smallest absolute Gasteiger partial charge is 0.233 e. The molecule has 0 aliphatic rings. The van der Waals surface area contributed by atoms with Crippen molar-refractivity contribution in [3.63, 3.8) is 0 Å². The third kappa shape index (κ3) is 4.17. The Balaban J connectivity index is 2.15. The van der Waals surface area contributed by atoms with Crippen LogP contribution in [0.5, 0.6) is 0 Å². The standard InChI is InChI=1S/C18H26N4OS/c1-12(2)22(13(3)4)17(23)10-24-18-20-19-11-21(18)16-8-7-14(5)9-15(16)6/h7-9,11-13H,10H2,1-6H3. The van der Waals surface area contributed by atoms with E-state index in [-0.39, 0.29) is 18.0 Å². The Hall–Kier alpha value is -1.82. The molecule has 0 saturated carbocycles. The number of carbonyl (C=O) groups is 1. The fraction of sp³-hybridized carbons (Fsp3) is 0.500. The van der Waals surface area contributed by atoms with Crippen LogP contribution in [0.2, 0.25) is 0 Å². The molecule has 2 rings (SSSR count). The summed E-state index contributed by atoms with van der Waals surface area (Å²) in [5.74, 6) is 0.486. The monoisotopic (exact) mass is 346 g/mol. The van der Waals surface area contributed by atoms with Gasteiger partial charge in [0.15, 0.2) is 5.16 Å². The van der Waals surface area contributed by atoms with Crippen LogP contribution < -0.4 is 0 Å². The van der Waals surface area contributed by atoms with Gasteiger partial charge in [0.1, 0.15) is 6.33 Å². The molecule has 1 aromatic heterocycles. The van der Waals surface area contributed by atoms with Gasteiger partial charge in [0.2, 0.25) is 5.91 Å². The largest absolute Gasteiger partial charge is 0.337 e. The molecule has 6 heteroatoms. The highest BCUT2D eigenvalue weighted by molar-refractivity contribution is 7.99. The van der Waals surface area contributed by atoms with Crippen molar-refractivity contribution in [3.8, 4) is 5.69 Å². The quantitative estimate of drug-likeness (QED) is 0.750. The molecule has 0 radical (unpaired) electrons. The van der Waals surface area contributed by atoms with Crippen molar-refractivity contribution in [2.24, 2.45) is 0 Å². The Morgan fingerprint density at radius 1 is 1.21 bits per heavy atom. The molecule has 0 bridgehead atoms. The maximum absolute atomic E-state index is 12.5. The molecule has 24 heavy (non-hydrogen) atoms. The van der Waals surface area contributed by atoms with Gasteiger partial charge in [-0.1, -0.05) is 29.5 Å². The van der Waals surface area contributed by atoms with E-state index in [1.807, 2.05) is 37.2 Å². The van der Waals surface area contributed by atoms with Crippen LogP contribution in [-0.4, -0.2) is 43.4 Å². The summed E-state index contributed by atoms with van der Waals surface area (Å²) in [6, 6.07) is 6.65. The molecule has 130 valence electrons. The highest BCUT2D eigenvalue weighted by atomic mass is 32.2. The first kappa shape index (κ1) is 18.5. The van der Waals surface area contributed by atoms with Crippen LogP contribution >= 0.6 is 11.8 Å². The summed E-state index contributed by atoms with van der Waals surface area (Å²) in [6.07, 6.45) is 1.70. The van der Waals surface area contributed by atoms with Crippen LogP contribution in [0.3, 0.4) is 0 Å². The fourth-order valence-corrected chi connectivity index (χ4v) is 3.73. The fourth-order valence-electron chi connectivity index (χ4n) is 2.94. The molecule has 0 aliphatic carbocycles. The van der Waals surface area contributed by atoms with Gasteiger partial charge >= 0.3 is 0 Å². The average molecular weight is 347 g/mol. The molecule has 0 aliphatic heterocycles. The second-order valence-corrected chi connectivity index (χ2v) is 7.49. The van der Waals surface area contributed by atoms with Gasteiger partial charge in [-0.2, -0.15) is 0 Å². The first-order valence-corrected chi connectivity index (χ1v) is 9.21. The summed E-state index contributed by atoms with van der Waals surface area (Å²) in [5, 5.41) is 8.94. The van der Waals surface area contributed by atoms with E-state index in [4.69, 9.17) is 0 Å². The number of aryl methyl sites for hydroxylation is 2. The van der Waals surface area contributed by atoms with E-state index >= 15 is 0 Å². The SMILES string of the molecule is Cc1ccc(-n2cnnc2SCC(=O)N(C(C)C)C(C)C)c(C)c1. The van der Waals surface area contributed by atoms with Crippen molar-refractivity contribution in [1.29, 1.82) is 0 Å². The Labute approximate surface area is 148 Å². The highest BCUT2D eigenvalue weighted by Crippen LogP contribution is 2.23. The zero-order valence-corrected chi connectivity index (χ0v) is 16.1. The van der Waals surface area contributed by atoms with Gasteiger partial charge in [0.25, 0.3) is 0 Å². The number of hydrogen-bond donors (Lipinski definition) is 0. The summed E-state index contributed by atoms with van der Waals surface area (Å²) < 4.78 is 1.95. The highest BCUT2D eigenvalue weighted by Gasteiger charge is 2.21. The molecule has 0 atom stereocenters. The maximum atomic E-state index is 12.5. The molecular weight excluding hydrogens is 320 g/mol. The summed E-state index contributed by atoms with van der Waals surface area (Å²) in [4.78, 5) is 14.4. The van der Waals surface area contributed by atoms with E-state index in [2.05, 4.69) is 42.2 Å². The normalized spacial score (nSPS) is 11.3.